The van der Waals surface area contributed by atoms with Gasteiger partial charge in [0.2, 0.25) is 0 Å². The minimum absolute atomic E-state index is 0.214. The van der Waals surface area contributed by atoms with Gasteiger partial charge in [-0.25, -0.2) is 0 Å². The summed E-state index contributed by atoms with van der Waals surface area (Å²) < 4.78 is 0. The molecule has 1 aliphatic rings. The van der Waals surface area contributed by atoms with Gasteiger partial charge in [-0.1, -0.05) is 0 Å². The Bertz CT molecular complexity index is 703. The zero-order valence-corrected chi connectivity index (χ0v) is 12.4. The van der Waals surface area contributed by atoms with Gasteiger partial charge in [0.25, 0.3) is 5.91 Å². The summed E-state index contributed by atoms with van der Waals surface area (Å²) in [5.74, 6) is -0.214. The first-order chi connectivity index (χ1) is 11.2. The third-order valence-electron chi connectivity index (χ3n) is 3.77. The standard InChI is InChI=1S/C14H17N7O2/c15-4-10-3-13(16-5-10)14(23)21-2-1-20(8-12(22)9-21)7-11-6-17-19-18-11/h3,5-6,12,16,22H,1-2,7-9H2,(H,17,18,19)/t12-/m0/s1. The van der Waals surface area contributed by atoms with Gasteiger partial charge in [0.15, 0.2) is 0 Å². The Morgan fingerprint density at radius 3 is 3.04 bits per heavy atom. The van der Waals surface area contributed by atoms with Gasteiger partial charge in [0.05, 0.1) is 23.6 Å². The Morgan fingerprint density at radius 1 is 1.48 bits per heavy atom. The van der Waals surface area contributed by atoms with E-state index in [4.69, 9.17) is 5.26 Å². The number of carbonyl (C=O) groups excluding carboxylic acids is 1. The van der Waals surface area contributed by atoms with Gasteiger partial charge >= 0.3 is 0 Å². The molecule has 1 amide bonds. The molecule has 0 saturated carbocycles. The van der Waals surface area contributed by atoms with Crippen molar-refractivity contribution in [3.05, 3.63) is 35.4 Å². The van der Waals surface area contributed by atoms with Crippen molar-refractivity contribution in [2.24, 2.45) is 0 Å². The van der Waals surface area contributed by atoms with Crippen LogP contribution in [0.1, 0.15) is 21.7 Å². The number of aliphatic hydroxyl groups is 1. The van der Waals surface area contributed by atoms with Crippen molar-refractivity contribution in [2.45, 2.75) is 12.6 Å². The van der Waals surface area contributed by atoms with Crippen molar-refractivity contribution in [3.63, 3.8) is 0 Å². The van der Waals surface area contributed by atoms with Gasteiger partial charge in [-0.2, -0.15) is 20.7 Å². The summed E-state index contributed by atoms with van der Waals surface area (Å²) in [5.41, 5.74) is 1.56. The van der Waals surface area contributed by atoms with Gasteiger partial charge in [-0.15, -0.1) is 0 Å². The summed E-state index contributed by atoms with van der Waals surface area (Å²) in [5, 5.41) is 29.3. The molecule has 120 valence electrons. The highest BCUT2D eigenvalue weighted by molar-refractivity contribution is 5.93. The normalized spacial score (nSPS) is 19.3. The average Bonchev–Trinajstić information content (AvgIpc) is 3.18. The van der Waals surface area contributed by atoms with Crippen LogP contribution in [-0.2, 0) is 6.54 Å². The number of aromatic nitrogens is 4. The Hall–Kier alpha value is -2.70. The zero-order valence-electron chi connectivity index (χ0n) is 12.4. The van der Waals surface area contributed by atoms with Crippen LogP contribution in [0.15, 0.2) is 18.5 Å². The lowest BCUT2D eigenvalue weighted by atomic mass is 10.2. The van der Waals surface area contributed by atoms with Crippen molar-refractivity contribution >= 4 is 5.91 Å². The number of β-amino-alcohol motifs (C(OH)–C–C–N with tert-alkyl or cyclic N) is 1. The highest BCUT2D eigenvalue weighted by atomic mass is 16.3. The monoisotopic (exact) mass is 315 g/mol. The highest BCUT2D eigenvalue weighted by Gasteiger charge is 2.26. The minimum atomic E-state index is -0.640. The maximum Gasteiger partial charge on any atom is 0.270 e. The van der Waals surface area contributed by atoms with E-state index in [-0.39, 0.29) is 12.5 Å². The Kier molecular flexibility index (Phi) is 4.36. The summed E-state index contributed by atoms with van der Waals surface area (Å²) >= 11 is 0. The molecular formula is C14H17N7O2. The fourth-order valence-electron chi connectivity index (χ4n) is 2.67. The largest absolute Gasteiger partial charge is 0.390 e. The number of amides is 1. The summed E-state index contributed by atoms with van der Waals surface area (Å²) in [4.78, 5) is 18.9. The first-order valence-corrected chi connectivity index (χ1v) is 7.28. The van der Waals surface area contributed by atoms with E-state index in [1.165, 1.54) is 12.3 Å². The summed E-state index contributed by atoms with van der Waals surface area (Å²) in [6, 6.07) is 3.50. The molecule has 0 aliphatic carbocycles. The van der Waals surface area contributed by atoms with Gasteiger partial charge in [0.1, 0.15) is 11.8 Å². The van der Waals surface area contributed by atoms with E-state index in [1.54, 1.807) is 11.1 Å². The van der Waals surface area contributed by atoms with Crippen LogP contribution in [0.3, 0.4) is 0 Å². The molecule has 1 aliphatic heterocycles. The number of nitrogens with zero attached hydrogens (tertiary/aromatic N) is 5. The van der Waals surface area contributed by atoms with Crippen molar-refractivity contribution in [1.29, 1.82) is 5.26 Å². The number of aliphatic hydroxyl groups excluding tert-OH is 1. The van der Waals surface area contributed by atoms with E-state index < -0.39 is 6.10 Å². The summed E-state index contributed by atoms with van der Waals surface area (Å²) in [6.45, 7) is 2.41. The molecule has 0 aromatic carbocycles. The molecule has 23 heavy (non-hydrogen) atoms. The number of hydrogen-bond acceptors (Lipinski definition) is 6. The second-order valence-corrected chi connectivity index (χ2v) is 5.52. The quantitative estimate of drug-likeness (QED) is 0.689. The zero-order chi connectivity index (χ0) is 16.2. The molecule has 1 atom stereocenters. The van der Waals surface area contributed by atoms with E-state index in [2.05, 4.69) is 20.4 Å². The van der Waals surface area contributed by atoms with Crippen LogP contribution in [0.5, 0.6) is 0 Å². The second kappa shape index (κ2) is 6.60. The number of nitriles is 1. The molecule has 1 fully saturated rings. The van der Waals surface area contributed by atoms with Gasteiger partial charge in [-0.3, -0.25) is 9.69 Å². The van der Waals surface area contributed by atoms with E-state index >= 15 is 0 Å². The smallest absolute Gasteiger partial charge is 0.270 e. The van der Waals surface area contributed by atoms with Gasteiger partial charge in [0, 0.05) is 38.9 Å². The van der Waals surface area contributed by atoms with E-state index in [0.717, 1.165) is 5.69 Å². The number of hydrogen-bond donors (Lipinski definition) is 3. The van der Waals surface area contributed by atoms with E-state index in [1.807, 2.05) is 11.0 Å². The molecule has 0 radical (unpaired) electrons. The Labute approximate surface area is 132 Å². The molecule has 3 heterocycles. The summed E-state index contributed by atoms with van der Waals surface area (Å²) in [6.07, 6.45) is 2.50. The molecule has 9 heteroatoms. The number of H-pyrrole nitrogens is 2. The molecule has 3 rings (SSSR count). The number of carbonyl (C=O) groups is 1. The van der Waals surface area contributed by atoms with Crippen molar-refractivity contribution in [2.75, 3.05) is 26.2 Å². The van der Waals surface area contributed by atoms with Crippen LogP contribution in [0, 0.1) is 11.3 Å². The van der Waals surface area contributed by atoms with Crippen LogP contribution in [0.4, 0.5) is 0 Å². The van der Waals surface area contributed by atoms with Crippen molar-refractivity contribution in [1.82, 2.24) is 30.2 Å². The maximum absolute atomic E-state index is 12.5. The molecule has 0 unspecified atom stereocenters. The first kappa shape index (κ1) is 15.2. The maximum atomic E-state index is 12.5. The number of nitrogens with one attached hydrogen (secondary N) is 2. The van der Waals surface area contributed by atoms with Crippen LogP contribution in [-0.4, -0.2) is 73.5 Å². The van der Waals surface area contributed by atoms with Gasteiger partial charge in [-0.05, 0) is 6.07 Å². The lowest BCUT2D eigenvalue weighted by Gasteiger charge is -2.21. The fraction of sp³-hybridized carbons (Fsp3) is 0.429. The van der Waals surface area contributed by atoms with Crippen LogP contribution in [0.2, 0.25) is 0 Å². The first-order valence-electron chi connectivity index (χ1n) is 7.28. The lowest BCUT2D eigenvalue weighted by Crippen LogP contribution is -2.37. The number of aromatic amines is 2. The fourth-order valence-corrected chi connectivity index (χ4v) is 2.67. The third-order valence-corrected chi connectivity index (χ3v) is 3.77. The predicted molar refractivity (Wildman–Crippen MR) is 79.1 cm³/mol. The van der Waals surface area contributed by atoms with E-state index in [9.17, 15) is 9.90 Å². The third kappa shape index (κ3) is 3.56. The predicted octanol–water partition coefficient (Wildman–Crippen LogP) is -0.677. The van der Waals surface area contributed by atoms with Crippen LogP contribution < -0.4 is 0 Å². The molecule has 1 saturated heterocycles. The minimum Gasteiger partial charge on any atom is -0.390 e. The molecule has 0 bridgehead atoms. The molecular weight excluding hydrogens is 298 g/mol. The molecule has 2 aromatic rings. The molecule has 2 aromatic heterocycles. The number of rotatable bonds is 3. The summed E-state index contributed by atoms with van der Waals surface area (Å²) in [7, 11) is 0. The van der Waals surface area contributed by atoms with Crippen LogP contribution >= 0.6 is 0 Å². The molecule has 3 N–H and O–H groups in total. The SMILES string of the molecule is N#Cc1c[nH]c(C(=O)N2CCN(Cc3cn[nH]n3)C[C@H](O)C2)c1. The molecule has 9 nitrogen and oxygen atoms in total. The second-order valence-electron chi connectivity index (χ2n) is 5.52. The van der Waals surface area contributed by atoms with Gasteiger partial charge < -0.3 is 15.0 Å². The highest BCUT2D eigenvalue weighted by Crippen LogP contribution is 2.11. The molecule has 0 spiro atoms. The van der Waals surface area contributed by atoms with E-state index in [0.29, 0.717) is 37.4 Å². The Morgan fingerprint density at radius 2 is 2.35 bits per heavy atom. The lowest BCUT2D eigenvalue weighted by molar-refractivity contribution is 0.0658. The van der Waals surface area contributed by atoms with Crippen LogP contribution in [0.25, 0.3) is 0 Å². The topological polar surface area (TPSA) is 125 Å². The Balaban J connectivity index is 1.65. The average molecular weight is 315 g/mol. The van der Waals surface area contributed by atoms with Crippen molar-refractivity contribution < 1.29 is 9.90 Å². The van der Waals surface area contributed by atoms with Crippen molar-refractivity contribution in [3.8, 4) is 6.07 Å².